The minimum atomic E-state index is -1.24. The number of carbonyl (C=O) groups is 3. The Balaban J connectivity index is 2.15. The van der Waals surface area contributed by atoms with E-state index in [0.717, 1.165) is 10.5 Å². The molecule has 1 aliphatic heterocycles. The summed E-state index contributed by atoms with van der Waals surface area (Å²) in [6, 6.07) is 6.23. The molecule has 0 saturated carbocycles. The fourth-order valence-corrected chi connectivity index (χ4v) is 2.46. The van der Waals surface area contributed by atoms with Crippen LogP contribution in [0.15, 0.2) is 36.4 Å². The van der Waals surface area contributed by atoms with Crippen LogP contribution in [0.4, 0.5) is 4.79 Å². The molecule has 1 atom stereocenters. The van der Waals surface area contributed by atoms with E-state index in [9.17, 15) is 14.4 Å². The predicted octanol–water partition coefficient (Wildman–Crippen LogP) is 1.97. The molecule has 1 aromatic rings. The summed E-state index contributed by atoms with van der Waals surface area (Å²) in [6.07, 6.45) is 0. The number of esters is 1. The first-order valence-corrected chi connectivity index (χ1v) is 7.95. The van der Waals surface area contributed by atoms with Gasteiger partial charge in [-0.05, 0) is 44.0 Å². The third-order valence-corrected chi connectivity index (χ3v) is 3.78. The molecule has 1 aromatic carbocycles. The maximum Gasteiger partial charge on any atom is 0.326 e. The highest BCUT2D eigenvalue weighted by Gasteiger charge is 2.49. The summed E-state index contributed by atoms with van der Waals surface area (Å²) in [7, 11) is 0. The van der Waals surface area contributed by atoms with Crippen molar-refractivity contribution in [3.05, 3.63) is 42.0 Å². The van der Waals surface area contributed by atoms with Crippen LogP contribution >= 0.6 is 0 Å². The van der Waals surface area contributed by atoms with Gasteiger partial charge in [0.1, 0.15) is 24.4 Å². The molecule has 25 heavy (non-hydrogen) atoms. The second-order valence-corrected chi connectivity index (χ2v) is 6.02. The number of urea groups is 1. The Morgan fingerprint density at radius 3 is 2.48 bits per heavy atom. The first-order chi connectivity index (χ1) is 11.8. The van der Waals surface area contributed by atoms with E-state index in [-0.39, 0.29) is 6.61 Å². The molecule has 0 spiro atoms. The second-order valence-electron chi connectivity index (χ2n) is 6.02. The lowest BCUT2D eigenvalue weighted by molar-refractivity contribution is -0.147. The van der Waals surface area contributed by atoms with Gasteiger partial charge in [0.05, 0.1) is 6.61 Å². The minimum Gasteiger partial charge on any atom is -0.489 e. The summed E-state index contributed by atoms with van der Waals surface area (Å²) < 4.78 is 10.3. The molecule has 1 heterocycles. The Labute approximate surface area is 146 Å². The van der Waals surface area contributed by atoms with Crippen molar-refractivity contribution in [2.75, 3.05) is 19.8 Å². The number of amides is 3. The van der Waals surface area contributed by atoms with Crippen molar-refractivity contribution in [1.82, 2.24) is 10.2 Å². The maximum absolute atomic E-state index is 12.7. The number of benzene rings is 1. The van der Waals surface area contributed by atoms with Crippen LogP contribution in [-0.4, -0.2) is 42.6 Å². The van der Waals surface area contributed by atoms with E-state index in [2.05, 4.69) is 11.9 Å². The van der Waals surface area contributed by atoms with Gasteiger partial charge in [0.25, 0.3) is 5.91 Å². The van der Waals surface area contributed by atoms with Crippen molar-refractivity contribution >= 4 is 17.9 Å². The molecule has 0 bridgehead atoms. The maximum atomic E-state index is 12.7. The summed E-state index contributed by atoms with van der Waals surface area (Å²) in [4.78, 5) is 37.2. The lowest BCUT2D eigenvalue weighted by atomic mass is 9.92. The van der Waals surface area contributed by atoms with Crippen LogP contribution in [0.5, 0.6) is 5.75 Å². The normalized spacial score (nSPS) is 19.6. The van der Waals surface area contributed by atoms with Crippen LogP contribution in [0.3, 0.4) is 0 Å². The minimum absolute atomic E-state index is 0.186. The van der Waals surface area contributed by atoms with Crippen molar-refractivity contribution < 1.29 is 23.9 Å². The molecule has 1 N–H and O–H groups in total. The van der Waals surface area contributed by atoms with Gasteiger partial charge in [-0.2, -0.15) is 0 Å². The van der Waals surface area contributed by atoms with E-state index in [0.29, 0.717) is 17.9 Å². The van der Waals surface area contributed by atoms with Crippen molar-refractivity contribution in [3.63, 3.8) is 0 Å². The topological polar surface area (TPSA) is 84.9 Å². The van der Waals surface area contributed by atoms with Gasteiger partial charge in [-0.3, -0.25) is 14.5 Å². The van der Waals surface area contributed by atoms with Gasteiger partial charge in [-0.25, -0.2) is 4.79 Å². The summed E-state index contributed by atoms with van der Waals surface area (Å²) >= 11 is 0. The van der Waals surface area contributed by atoms with Crippen molar-refractivity contribution in [3.8, 4) is 5.75 Å². The first kappa shape index (κ1) is 18.5. The summed E-state index contributed by atoms with van der Waals surface area (Å²) in [5.74, 6) is -0.490. The molecule has 1 fully saturated rings. The summed E-state index contributed by atoms with van der Waals surface area (Å²) in [5.41, 5.74) is 0.250. The highest BCUT2D eigenvalue weighted by atomic mass is 16.5. The van der Waals surface area contributed by atoms with Gasteiger partial charge in [0.2, 0.25) is 0 Å². The zero-order chi connectivity index (χ0) is 18.6. The number of hydrogen-bond acceptors (Lipinski definition) is 5. The zero-order valence-corrected chi connectivity index (χ0v) is 14.6. The van der Waals surface area contributed by atoms with Crippen LogP contribution < -0.4 is 10.1 Å². The van der Waals surface area contributed by atoms with Crippen LogP contribution in [-0.2, 0) is 19.9 Å². The highest BCUT2D eigenvalue weighted by molar-refractivity contribution is 6.08. The SMILES string of the molecule is C=C(C)COc1ccc(C2(C)NC(=O)N(CC(=O)OCC)C2=O)cc1. The van der Waals surface area contributed by atoms with Crippen LogP contribution in [0, 0.1) is 0 Å². The molecular weight excluding hydrogens is 324 g/mol. The Morgan fingerprint density at radius 1 is 1.28 bits per heavy atom. The Bertz CT molecular complexity index is 698. The molecule has 0 radical (unpaired) electrons. The van der Waals surface area contributed by atoms with E-state index in [1.54, 1.807) is 38.1 Å². The number of rotatable bonds is 7. The van der Waals surface area contributed by atoms with Gasteiger partial charge >= 0.3 is 12.0 Å². The number of hydrogen-bond donors (Lipinski definition) is 1. The fraction of sp³-hybridized carbons (Fsp3) is 0.389. The highest BCUT2D eigenvalue weighted by Crippen LogP contribution is 2.30. The number of ether oxygens (including phenoxy) is 2. The quantitative estimate of drug-likeness (QED) is 0.463. The average Bonchev–Trinajstić information content (AvgIpc) is 2.78. The molecule has 1 aliphatic rings. The van der Waals surface area contributed by atoms with Crippen molar-refractivity contribution in [1.29, 1.82) is 0 Å². The predicted molar refractivity (Wildman–Crippen MR) is 91.0 cm³/mol. The summed E-state index contributed by atoms with van der Waals surface area (Å²) in [5, 5.41) is 2.64. The molecule has 3 amide bonds. The van der Waals surface area contributed by atoms with Gasteiger partial charge in [-0.1, -0.05) is 18.7 Å². The lowest BCUT2D eigenvalue weighted by Crippen LogP contribution is -2.41. The third kappa shape index (κ3) is 3.99. The molecular formula is C18H22N2O5. The molecule has 0 aromatic heterocycles. The van der Waals surface area contributed by atoms with Gasteiger partial charge in [0, 0.05) is 0 Å². The molecule has 0 aliphatic carbocycles. The van der Waals surface area contributed by atoms with E-state index in [1.165, 1.54) is 0 Å². The number of nitrogens with one attached hydrogen (secondary N) is 1. The third-order valence-electron chi connectivity index (χ3n) is 3.78. The van der Waals surface area contributed by atoms with Crippen LogP contribution in [0.2, 0.25) is 0 Å². The number of imide groups is 1. The molecule has 7 heteroatoms. The van der Waals surface area contributed by atoms with Crippen LogP contribution in [0.1, 0.15) is 26.3 Å². The monoisotopic (exact) mass is 346 g/mol. The van der Waals surface area contributed by atoms with Crippen LogP contribution in [0.25, 0.3) is 0 Å². The van der Waals surface area contributed by atoms with E-state index in [4.69, 9.17) is 9.47 Å². The molecule has 134 valence electrons. The molecule has 7 nitrogen and oxygen atoms in total. The van der Waals surface area contributed by atoms with Crippen molar-refractivity contribution in [2.24, 2.45) is 0 Å². The van der Waals surface area contributed by atoms with Crippen molar-refractivity contribution in [2.45, 2.75) is 26.3 Å². The van der Waals surface area contributed by atoms with E-state index >= 15 is 0 Å². The fourth-order valence-electron chi connectivity index (χ4n) is 2.46. The van der Waals surface area contributed by atoms with Gasteiger partial charge in [-0.15, -0.1) is 0 Å². The second kappa shape index (κ2) is 7.38. The molecule has 1 unspecified atom stereocenters. The molecule has 1 saturated heterocycles. The average molecular weight is 346 g/mol. The van der Waals surface area contributed by atoms with E-state index in [1.807, 2.05) is 6.92 Å². The van der Waals surface area contributed by atoms with Gasteiger partial charge in [0.15, 0.2) is 0 Å². The Hall–Kier alpha value is -2.83. The van der Waals surface area contributed by atoms with Gasteiger partial charge < -0.3 is 14.8 Å². The first-order valence-electron chi connectivity index (χ1n) is 7.95. The zero-order valence-electron chi connectivity index (χ0n) is 14.6. The number of carbonyl (C=O) groups excluding carboxylic acids is 3. The smallest absolute Gasteiger partial charge is 0.326 e. The molecule has 2 rings (SSSR count). The lowest BCUT2D eigenvalue weighted by Gasteiger charge is -2.22. The number of nitrogens with zero attached hydrogens (tertiary/aromatic N) is 1. The Kier molecular flexibility index (Phi) is 5.46. The summed E-state index contributed by atoms with van der Waals surface area (Å²) in [6.45, 7) is 9.06. The Morgan fingerprint density at radius 2 is 1.92 bits per heavy atom. The standard InChI is InChI=1S/C18H22N2O5/c1-5-24-15(21)10-20-16(22)18(4,19-17(20)23)13-6-8-14(9-7-13)25-11-12(2)3/h6-9H,2,5,10-11H2,1,3-4H3,(H,19,23). The largest absolute Gasteiger partial charge is 0.489 e. The van der Waals surface area contributed by atoms with E-state index < -0.39 is 30.0 Å².